The maximum atomic E-state index is 12.7. The Balaban J connectivity index is 3.24. The van der Waals surface area contributed by atoms with E-state index in [9.17, 15) is 13.2 Å². The number of halogens is 4. The molecule has 4 nitrogen and oxygen atoms in total. The van der Waals surface area contributed by atoms with E-state index in [1.54, 1.807) is 19.3 Å². The number of nitrogens with zero attached hydrogens (tertiary/aromatic N) is 2. The van der Waals surface area contributed by atoms with Crippen molar-refractivity contribution in [3.05, 3.63) is 16.9 Å². The molecule has 0 aromatic carbocycles. The molecule has 16 heavy (non-hydrogen) atoms. The lowest BCUT2D eigenvalue weighted by Gasteiger charge is -2.22. The molecule has 0 radical (unpaired) electrons. The van der Waals surface area contributed by atoms with Gasteiger partial charge >= 0.3 is 6.18 Å². The molecule has 0 spiro atoms. The van der Waals surface area contributed by atoms with Gasteiger partial charge in [-0.3, -0.25) is 10.5 Å². The van der Waals surface area contributed by atoms with Gasteiger partial charge in [0, 0.05) is 6.04 Å². The Morgan fingerprint density at radius 3 is 2.44 bits per heavy atom. The molecule has 1 atom stereocenters. The van der Waals surface area contributed by atoms with Gasteiger partial charge in [-0.05, 0) is 13.8 Å². The summed E-state index contributed by atoms with van der Waals surface area (Å²) in [5.41, 5.74) is 1.54. The van der Waals surface area contributed by atoms with E-state index in [1.165, 1.54) is 10.9 Å². The first-order chi connectivity index (χ1) is 7.29. The molecule has 0 aliphatic heterocycles. The van der Waals surface area contributed by atoms with Crippen molar-refractivity contribution in [2.75, 3.05) is 0 Å². The number of nitrogens with two attached hydrogens (primary N) is 1. The molecule has 0 aliphatic rings. The van der Waals surface area contributed by atoms with Crippen molar-refractivity contribution in [3.63, 3.8) is 0 Å². The normalized spacial score (nSPS) is 14.5. The highest BCUT2D eigenvalue weighted by atomic mass is 35.5. The Morgan fingerprint density at radius 2 is 2.06 bits per heavy atom. The van der Waals surface area contributed by atoms with Gasteiger partial charge in [-0.2, -0.15) is 18.3 Å². The monoisotopic (exact) mass is 256 g/mol. The molecule has 0 aliphatic carbocycles. The average molecular weight is 257 g/mol. The van der Waals surface area contributed by atoms with Crippen LogP contribution in [0.25, 0.3) is 0 Å². The molecular weight excluding hydrogens is 245 g/mol. The maximum Gasteiger partial charge on any atom is 0.410 e. The zero-order valence-corrected chi connectivity index (χ0v) is 9.47. The third kappa shape index (κ3) is 2.47. The zero-order valence-electron chi connectivity index (χ0n) is 8.72. The fraction of sp³-hybridized carbons (Fsp3) is 0.625. The molecule has 8 heteroatoms. The Labute approximate surface area is 95.5 Å². The minimum absolute atomic E-state index is 0.0611. The highest BCUT2D eigenvalue weighted by Crippen LogP contribution is 2.36. The summed E-state index contributed by atoms with van der Waals surface area (Å²) in [7, 11) is 0. The van der Waals surface area contributed by atoms with Crippen LogP contribution in [-0.2, 0) is 0 Å². The van der Waals surface area contributed by atoms with Gasteiger partial charge in [0.25, 0.3) is 0 Å². The van der Waals surface area contributed by atoms with Crippen LogP contribution in [0.5, 0.6) is 0 Å². The number of hydrogen-bond acceptors (Lipinski definition) is 3. The van der Waals surface area contributed by atoms with Crippen LogP contribution >= 0.6 is 11.6 Å². The molecule has 0 bridgehead atoms. The predicted molar refractivity (Wildman–Crippen MR) is 53.7 cm³/mol. The summed E-state index contributed by atoms with van der Waals surface area (Å²) in [6, 6.07) is -2.26. The van der Waals surface area contributed by atoms with Crippen LogP contribution in [0.15, 0.2) is 6.20 Å². The van der Waals surface area contributed by atoms with Crippen molar-refractivity contribution in [1.82, 2.24) is 15.2 Å². The standard InChI is InChI=1S/C8H12ClF3N4/c1-4(2)16-6(5(9)3-14-16)7(15-13)8(10,11)12/h3-4,7,15H,13H2,1-2H3. The fourth-order valence-corrected chi connectivity index (χ4v) is 1.60. The first kappa shape index (κ1) is 13.3. The van der Waals surface area contributed by atoms with Crippen molar-refractivity contribution in [3.8, 4) is 0 Å². The summed E-state index contributed by atoms with van der Waals surface area (Å²) >= 11 is 5.69. The van der Waals surface area contributed by atoms with Gasteiger partial charge in [0.1, 0.15) is 0 Å². The Hall–Kier alpha value is -0.790. The van der Waals surface area contributed by atoms with Gasteiger partial charge in [0.15, 0.2) is 6.04 Å². The van der Waals surface area contributed by atoms with E-state index < -0.39 is 12.2 Å². The van der Waals surface area contributed by atoms with E-state index in [0.29, 0.717) is 0 Å². The maximum absolute atomic E-state index is 12.7. The molecule has 1 heterocycles. The van der Waals surface area contributed by atoms with Gasteiger partial charge in [0.2, 0.25) is 0 Å². The molecule has 0 fully saturated rings. The lowest BCUT2D eigenvalue weighted by molar-refractivity contribution is -0.159. The molecule has 92 valence electrons. The molecule has 0 amide bonds. The molecule has 1 aromatic heterocycles. The zero-order chi connectivity index (χ0) is 12.5. The second kappa shape index (κ2) is 4.60. The van der Waals surface area contributed by atoms with E-state index in [-0.39, 0.29) is 16.8 Å². The lowest BCUT2D eigenvalue weighted by atomic mass is 10.2. The van der Waals surface area contributed by atoms with Crippen molar-refractivity contribution in [1.29, 1.82) is 0 Å². The van der Waals surface area contributed by atoms with E-state index in [1.807, 2.05) is 0 Å². The van der Waals surface area contributed by atoms with Crippen LogP contribution in [0.4, 0.5) is 13.2 Å². The number of hydrogen-bond donors (Lipinski definition) is 2. The van der Waals surface area contributed by atoms with Crippen molar-refractivity contribution < 1.29 is 13.2 Å². The Morgan fingerprint density at radius 1 is 1.50 bits per heavy atom. The third-order valence-electron chi connectivity index (χ3n) is 2.04. The second-order valence-electron chi connectivity index (χ2n) is 3.56. The minimum atomic E-state index is -4.52. The van der Waals surface area contributed by atoms with E-state index in [2.05, 4.69) is 5.10 Å². The molecule has 0 saturated heterocycles. The summed E-state index contributed by atoms with van der Waals surface area (Å²) < 4.78 is 39.2. The molecule has 0 saturated carbocycles. The van der Waals surface area contributed by atoms with Crippen molar-refractivity contribution >= 4 is 11.6 Å². The summed E-state index contributed by atoms with van der Waals surface area (Å²) in [4.78, 5) is 0. The molecule has 1 aromatic rings. The van der Waals surface area contributed by atoms with E-state index in [0.717, 1.165) is 0 Å². The van der Waals surface area contributed by atoms with E-state index >= 15 is 0 Å². The fourth-order valence-electron chi connectivity index (χ4n) is 1.36. The van der Waals surface area contributed by atoms with Crippen LogP contribution < -0.4 is 11.3 Å². The second-order valence-corrected chi connectivity index (χ2v) is 3.96. The number of alkyl halides is 3. The Kier molecular flexibility index (Phi) is 3.82. The Bertz CT molecular complexity index is 361. The van der Waals surface area contributed by atoms with Crippen LogP contribution in [0.3, 0.4) is 0 Å². The van der Waals surface area contributed by atoms with Gasteiger partial charge < -0.3 is 0 Å². The van der Waals surface area contributed by atoms with Crippen LogP contribution in [0.1, 0.15) is 31.6 Å². The summed E-state index contributed by atoms with van der Waals surface area (Å²) in [5.74, 6) is 4.92. The van der Waals surface area contributed by atoms with Gasteiger partial charge in [0.05, 0.1) is 16.9 Å². The highest BCUT2D eigenvalue weighted by Gasteiger charge is 2.43. The van der Waals surface area contributed by atoms with Crippen molar-refractivity contribution in [2.45, 2.75) is 32.1 Å². The molecular formula is C8H12ClF3N4. The van der Waals surface area contributed by atoms with Crippen LogP contribution in [-0.4, -0.2) is 16.0 Å². The minimum Gasteiger partial charge on any atom is -0.271 e. The van der Waals surface area contributed by atoms with Crippen LogP contribution in [0.2, 0.25) is 5.02 Å². The molecule has 1 rings (SSSR count). The largest absolute Gasteiger partial charge is 0.410 e. The molecule has 1 unspecified atom stereocenters. The smallest absolute Gasteiger partial charge is 0.271 e. The average Bonchev–Trinajstić information content (AvgIpc) is 2.47. The quantitative estimate of drug-likeness (QED) is 0.644. The van der Waals surface area contributed by atoms with Crippen molar-refractivity contribution in [2.24, 2.45) is 5.84 Å². The topological polar surface area (TPSA) is 55.9 Å². The first-order valence-electron chi connectivity index (χ1n) is 4.54. The third-order valence-corrected chi connectivity index (χ3v) is 2.33. The number of aromatic nitrogens is 2. The number of rotatable bonds is 3. The predicted octanol–water partition coefficient (Wildman–Crippen LogP) is 2.18. The van der Waals surface area contributed by atoms with Crippen LogP contribution in [0, 0.1) is 0 Å². The van der Waals surface area contributed by atoms with E-state index in [4.69, 9.17) is 17.4 Å². The van der Waals surface area contributed by atoms with Gasteiger partial charge in [-0.15, -0.1) is 0 Å². The summed E-state index contributed by atoms with van der Waals surface area (Å²) in [5, 5.41) is 3.73. The number of hydrazine groups is 1. The number of nitrogens with one attached hydrogen (secondary N) is 1. The lowest BCUT2D eigenvalue weighted by Crippen LogP contribution is -2.40. The van der Waals surface area contributed by atoms with Gasteiger partial charge in [-0.1, -0.05) is 11.6 Å². The molecule has 3 N–H and O–H groups in total. The SMILES string of the molecule is CC(C)n1ncc(Cl)c1C(NN)C(F)(F)F. The van der Waals surface area contributed by atoms with Gasteiger partial charge in [-0.25, -0.2) is 5.43 Å². The summed E-state index contributed by atoms with van der Waals surface area (Å²) in [6.45, 7) is 3.41. The summed E-state index contributed by atoms with van der Waals surface area (Å²) in [6.07, 6.45) is -3.35. The highest BCUT2D eigenvalue weighted by molar-refractivity contribution is 6.31. The first-order valence-corrected chi connectivity index (χ1v) is 4.92.